The normalized spacial score (nSPS) is 21.5. The quantitative estimate of drug-likeness (QED) is 0.678. The molecule has 0 aromatic heterocycles. The van der Waals surface area contributed by atoms with Crippen LogP contribution < -0.4 is 5.32 Å². The van der Waals surface area contributed by atoms with E-state index in [1.54, 1.807) is 0 Å². The van der Waals surface area contributed by atoms with Gasteiger partial charge in [-0.05, 0) is 31.0 Å². The number of aryl methyl sites for hydroxylation is 1. The molecule has 0 radical (unpaired) electrons. The van der Waals surface area contributed by atoms with Crippen molar-refractivity contribution in [1.29, 1.82) is 0 Å². The monoisotopic (exact) mass is 193 g/mol. The lowest BCUT2D eigenvalue weighted by Gasteiger charge is -2.08. The van der Waals surface area contributed by atoms with E-state index in [1.807, 2.05) is 11.8 Å². The first-order valence-corrected chi connectivity index (χ1v) is 5.65. The summed E-state index contributed by atoms with van der Waals surface area (Å²) in [6.45, 7) is 5.53. The van der Waals surface area contributed by atoms with Crippen LogP contribution in [-0.4, -0.2) is 11.8 Å². The van der Waals surface area contributed by atoms with Crippen LogP contribution >= 0.6 is 11.8 Å². The number of thioether (sulfide) groups is 1. The van der Waals surface area contributed by atoms with Gasteiger partial charge in [0.05, 0.1) is 0 Å². The maximum Gasteiger partial charge on any atom is 0.0481 e. The summed E-state index contributed by atoms with van der Waals surface area (Å²) in [4.78, 5) is 1.40. The SMILES string of the molecule is Cc1ccc2c(c1)NCCC(C)S2. The Kier molecular flexibility index (Phi) is 2.49. The van der Waals surface area contributed by atoms with Gasteiger partial charge in [-0.2, -0.15) is 0 Å². The Bertz CT molecular complexity index is 309. The van der Waals surface area contributed by atoms with E-state index in [1.165, 1.54) is 22.6 Å². The fourth-order valence-electron chi connectivity index (χ4n) is 1.57. The highest BCUT2D eigenvalue weighted by Crippen LogP contribution is 2.34. The summed E-state index contributed by atoms with van der Waals surface area (Å²) in [7, 11) is 0. The molecule has 0 fully saturated rings. The van der Waals surface area contributed by atoms with Crippen molar-refractivity contribution >= 4 is 17.4 Å². The van der Waals surface area contributed by atoms with Crippen LogP contribution in [0.1, 0.15) is 18.9 Å². The topological polar surface area (TPSA) is 12.0 Å². The molecular weight excluding hydrogens is 178 g/mol. The Morgan fingerprint density at radius 3 is 3.15 bits per heavy atom. The minimum absolute atomic E-state index is 0.733. The molecule has 1 aliphatic rings. The summed E-state index contributed by atoms with van der Waals surface area (Å²) in [5, 5.41) is 4.21. The third-order valence-electron chi connectivity index (χ3n) is 2.33. The van der Waals surface area contributed by atoms with Crippen molar-refractivity contribution in [2.45, 2.75) is 30.4 Å². The molecule has 0 aliphatic carbocycles. The fourth-order valence-corrected chi connectivity index (χ4v) is 2.64. The highest BCUT2D eigenvalue weighted by atomic mass is 32.2. The minimum Gasteiger partial charge on any atom is -0.384 e. The van der Waals surface area contributed by atoms with Crippen molar-refractivity contribution in [3.63, 3.8) is 0 Å². The molecule has 1 atom stereocenters. The molecule has 1 aromatic rings. The lowest BCUT2D eigenvalue weighted by atomic mass is 10.2. The molecule has 0 spiro atoms. The van der Waals surface area contributed by atoms with E-state index >= 15 is 0 Å². The van der Waals surface area contributed by atoms with Crippen LogP contribution in [0.2, 0.25) is 0 Å². The standard InChI is InChI=1S/C11H15NS/c1-8-3-4-11-10(7-8)12-6-5-9(2)13-11/h3-4,7,9,12H,5-6H2,1-2H3. The van der Waals surface area contributed by atoms with Gasteiger partial charge in [-0.25, -0.2) is 0 Å². The largest absolute Gasteiger partial charge is 0.384 e. The maximum atomic E-state index is 3.48. The number of anilines is 1. The van der Waals surface area contributed by atoms with E-state index in [2.05, 4.69) is 37.4 Å². The van der Waals surface area contributed by atoms with Gasteiger partial charge in [0.15, 0.2) is 0 Å². The van der Waals surface area contributed by atoms with Crippen LogP contribution in [0.4, 0.5) is 5.69 Å². The van der Waals surface area contributed by atoms with Crippen LogP contribution in [-0.2, 0) is 0 Å². The zero-order valence-electron chi connectivity index (χ0n) is 8.13. The summed E-state index contributed by atoms with van der Waals surface area (Å²) in [6, 6.07) is 6.65. The van der Waals surface area contributed by atoms with E-state index in [0.29, 0.717) is 0 Å². The average Bonchev–Trinajstić information content (AvgIpc) is 2.25. The molecule has 13 heavy (non-hydrogen) atoms. The number of nitrogens with one attached hydrogen (secondary N) is 1. The summed E-state index contributed by atoms with van der Waals surface area (Å²) < 4.78 is 0. The molecule has 70 valence electrons. The van der Waals surface area contributed by atoms with E-state index in [4.69, 9.17) is 0 Å². The van der Waals surface area contributed by atoms with Gasteiger partial charge in [-0.15, -0.1) is 11.8 Å². The second-order valence-corrected chi connectivity index (χ2v) is 5.12. The molecule has 1 aliphatic heterocycles. The molecular formula is C11H15NS. The lowest BCUT2D eigenvalue weighted by Crippen LogP contribution is -2.03. The van der Waals surface area contributed by atoms with Crippen LogP contribution in [0.25, 0.3) is 0 Å². The summed E-state index contributed by atoms with van der Waals surface area (Å²) >= 11 is 1.98. The zero-order valence-corrected chi connectivity index (χ0v) is 8.95. The van der Waals surface area contributed by atoms with Gasteiger partial charge in [0.1, 0.15) is 0 Å². The van der Waals surface area contributed by atoms with Gasteiger partial charge in [-0.1, -0.05) is 13.0 Å². The highest BCUT2D eigenvalue weighted by molar-refractivity contribution is 8.00. The van der Waals surface area contributed by atoms with Gasteiger partial charge in [-0.3, -0.25) is 0 Å². The molecule has 1 N–H and O–H groups in total. The zero-order chi connectivity index (χ0) is 9.26. The van der Waals surface area contributed by atoms with Crippen molar-refractivity contribution < 1.29 is 0 Å². The van der Waals surface area contributed by atoms with Crippen molar-refractivity contribution in [2.75, 3.05) is 11.9 Å². The molecule has 1 heterocycles. The molecule has 0 bridgehead atoms. The third-order valence-corrected chi connectivity index (χ3v) is 3.58. The van der Waals surface area contributed by atoms with Gasteiger partial charge in [0, 0.05) is 22.4 Å². The van der Waals surface area contributed by atoms with Gasteiger partial charge >= 0.3 is 0 Å². The Morgan fingerprint density at radius 1 is 1.46 bits per heavy atom. The second-order valence-electron chi connectivity index (χ2n) is 3.64. The number of hydrogen-bond donors (Lipinski definition) is 1. The first-order chi connectivity index (χ1) is 6.25. The van der Waals surface area contributed by atoms with Crippen LogP contribution in [0.15, 0.2) is 23.1 Å². The minimum atomic E-state index is 0.733. The van der Waals surface area contributed by atoms with Crippen LogP contribution in [0.5, 0.6) is 0 Å². The number of benzene rings is 1. The molecule has 2 rings (SSSR count). The molecule has 1 nitrogen and oxygen atoms in total. The molecule has 0 saturated carbocycles. The number of rotatable bonds is 0. The van der Waals surface area contributed by atoms with Crippen molar-refractivity contribution in [2.24, 2.45) is 0 Å². The smallest absolute Gasteiger partial charge is 0.0481 e. The Labute approximate surface area is 83.9 Å². The van der Waals surface area contributed by atoms with E-state index in [9.17, 15) is 0 Å². The van der Waals surface area contributed by atoms with Crippen molar-refractivity contribution in [3.8, 4) is 0 Å². The van der Waals surface area contributed by atoms with Crippen LogP contribution in [0.3, 0.4) is 0 Å². The van der Waals surface area contributed by atoms with Crippen LogP contribution in [0, 0.1) is 6.92 Å². The highest BCUT2D eigenvalue weighted by Gasteiger charge is 2.12. The lowest BCUT2D eigenvalue weighted by molar-refractivity contribution is 0.860. The molecule has 1 aromatic carbocycles. The summed E-state index contributed by atoms with van der Waals surface area (Å²) in [5.41, 5.74) is 2.65. The van der Waals surface area contributed by atoms with E-state index in [0.717, 1.165) is 11.8 Å². The third kappa shape index (κ3) is 1.99. The number of fused-ring (bicyclic) bond motifs is 1. The Hall–Kier alpha value is -0.630. The molecule has 0 amide bonds. The van der Waals surface area contributed by atoms with Crippen molar-refractivity contribution in [1.82, 2.24) is 0 Å². The Balaban J connectivity index is 2.34. The first-order valence-electron chi connectivity index (χ1n) is 4.77. The predicted octanol–water partition coefficient (Wildman–Crippen LogP) is 3.29. The summed E-state index contributed by atoms with van der Waals surface area (Å²) in [5.74, 6) is 0. The maximum absolute atomic E-state index is 3.48. The first kappa shape index (κ1) is 8.95. The molecule has 1 unspecified atom stereocenters. The molecule has 2 heteroatoms. The van der Waals surface area contributed by atoms with E-state index in [-0.39, 0.29) is 0 Å². The number of hydrogen-bond acceptors (Lipinski definition) is 2. The van der Waals surface area contributed by atoms with Gasteiger partial charge < -0.3 is 5.32 Å². The Morgan fingerprint density at radius 2 is 2.31 bits per heavy atom. The fraction of sp³-hybridized carbons (Fsp3) is 0.455. The predicted molar refractivity (Wildman–Crippen MR) is 59.6 cm³/mol. The molecule has 0 saturated heterocycles. The average molecular weight is 193 g/mol. The van der Waals surface area contributed by atoms with E-state index < -0.39 is 0 Å². The second kappa shape index (κ2) is 3.62. The van der Waals surface area contributed by atoms with Crippen molar-refractivity contribution in [3.05, 3.63) is 23.8 Å². The summed E-state index contributed by atoms with van der Waals surface area (Å²) in [6.07, 6.45) is 1.25. The van der Waals surface area contributed by atoms with Gasteiger partial charge in [0.25, 0.3) is 0 Å². The van der Waals surface area contributed by atoms with Gasteiger partial charge in [0.2, 0.25) is 0 Å².